The normalized spacial score (nSPS) is 14.1. The maximum atomic E-state index is 12.6. The second-order valence-electron chi connectivity index (χ2n) is 5.50. The zero-order valence-corrected chi connectivity index (χ0v) is 14.9. The highest BCUT2D eigenvalue weighted by Crippen LogP contribution is 2.32. The SMILES string of the molecule is C=CC(OCC[N+](C)(C)C)=[N+](S(=O)(=O)C(F)(F)F)S(=O)(=O)C(F)(F)F. The van der Waals surface area contributed by atoms with Crippen LogP contribution in [0.2, 0.25) is 0 Å². The molecule has 0 aromatic heterocycles. The Morgan fingerprint density at radius 1 is 1.00 bits per heavy atom. The lowest BCUT2D eigenvalue weighted by Crippen LogP contribution is -2.47. The van der Waals surface area contributed by atoms with Gasteiger partial charge in [-0.25, -0.2) is 0 Å². The zero-order chi connectivity index (χ0) is 20.5. The van der Waals surface area contributed by atoms with Crippen molar-refractivity contribution in [1.82, 2.24) is 0 Å². The number of alkyl halides is 6. The van der Waals surface area contributed by atoms with Gasteiger partial charge < -0.3 is 9.22 Å². The third kappa shape index (κ3) is 5.57. The van der Waals surface area contributed by atoms with Crippen molar-refractivity contribution in [2.75, 3.05) is 34.3 Å². The molecule has 0 saturated heterocycles. The number of sulfonamides is 2. The number of likely N-dealkylation sites (N-methyl/N-ethyl adjacent to an activating group) is 1. The lowest BCUT2D eigenvalue weighted by molar-refractivity contribution is -0.870. The minimum absolute atomic E-state index is 0.00328. The summed E-state index contributed by atoms with van der Waals surface area (Å²) in [7, 11) is -9.17. The zero-order valence-electron chi connectivity index (χ0n) is 13.2. The van der Waals surface area contributed by atoms with Gasteiger partial charge in [0, 0.05) is 6.08 Å². The molecule has 15 heteroatoms. The second kappa shape index (κ2) is 7.11. The van der Waals surface area contributed by atoms with Crippen LogP contribution >= 0.6 is 0 Å². The molecule has 0 bridgehead atoms. The lowest BCUT2D eigenvalue weighted by atomic mass is 10.5. The van der Waals surface area contributed by atoms with Gasteiger partial charge in [0.15, 0.2) is 0 Å². The van der Waals surface area contributed by atoms with Crippen LogP contribution in [0.15, 0.2) is 12.7 Å². The second-order valence-corrected chi connectivity index (χ2v) is 9.29. The summed E-state index contributed by atoms with van der Waals surface area (Å²) in [6, 6.07) is 0. The van der Waals surface area contributed by atoms with E-state index >= 15 is 0 Å². The number of halogens is 6. The Balaban J connectivity index is 6.53. The van der Waals surface area contributed by atoms with Gasteiger partial charge in [0.25, 0.3) is 0 Å². The third-order valence-corrected chi connectivity index (χ3v) is 5.97. The predicted molar refractivity (Wildman–Crippen MR) is 74.3 cm³/mol. The Bertz CT molecular complexity index is 698. The summed E-state index contributed by atoms with van der Waals surface area (Å²) in [4.78, 5) is 0. The molecule has 148 valence electrons. The standard InChI is InChI=1S/C10H16F6N2O5S2/c1-5-8(23-7-6-18(2,3)4)17(24(19,20)9(11,12)13)25(21,22)10(14,15)16/h5H,1,6-7H2,2-4H3/q+2. The summed E-state index contributed by atoms with van der Waals surface area (Å²) < 4.78 is 124. The quantitative estimate of drug-likeness (QED) is 0.210. The summed E-state index contributed by atoms with van der Waals surface area (Å²) in [6.45, 7) is 2.24. The molecule has 0 amide bonds. The van der Waals surface area contributed by atoms with Crippen LogP contribution in [0.25, 0.3) is 0 Å². The minimum atomic E-state index is -6.97. The van der Waals surface area contributed by atoms with Crippen LogP contribution in [-0.2, 0) is 24.8 Å². The summed E-state index contributed by atoms with van der Waals surface area (Å²) in [6.07, 6.45) is 0.127. The number of hydrogen-bond acceptors (Lipinski definition) is 5. The van der Waals surface area contributed by atoms with Gasteiger partial charge in [-0.3, -0.25) is 0 Å². The summed E-state index contributed by atoms with van der Waals surface area (Å²) in [5.41, 5.74) is -12.7. The summed E-state index contributed by atoms with van der Waals surface area (Å²) in [5, 5.41) is 0. The highest BCUT2D eigenvalue weighted by molar-refractivity contribution is 7.98. The molecule has 7 nitrogen and oxygen atoms in total. The van der Waals surface area contributed by atoms with Crippen molar-refractivity contribution >= 4 is 25.9 Å². The molecule has 0 radical (unpaired) electrons. The first-order valence-corrected chi connectivity index (χ1v) is 9.03. The molecular formula is C10H16F6N2O5S2+2. The largest absolute Gasteiger partial charge is 0.561 e. The fourth-order valence-corrected chi connectivity index (χ4v) is 3.81. The summed E-state index contributed by atoms with van der Waals surface area (Å²) in [5.74, 6) is -1.73. The molecule has 0 unspecified atom stereocenters. The average Bonchev–Trinajstić information content (AvgIpc) is 2.32. The van der Waals surface area contributed by atoms with Crippen LogP contribution in [-0.4, -0.2) is 75.9 Å². The fourth-order valence-electron chi connectivity index (χ4n) is 1.16. The molecule has 0 heterocycles. The van der Waals surface area contributed by atoms with Gasteiger partial charge in [0.1, 0.15) is 13.2 Å². The van der Waals surface area contributed by atoms with Gasteiger partial charge in [-0.05, 0) is 0 Å². The van der Waals surface area contributed by atoms with E-state index < -0.39 is 47.0 Å². The van der Waals surface area contributed by atoms with Crippen LogP contribution in [0.4, 0.5) is 26.3 Å². The van der Waals surface area contributed by atoms with E-state index in [1.807, 2.05) is 0 Å². The molecule has 0 spiro atoms. The maximum absolute atomic E-state index is 12.6. The summed E-state index contributed by atoms with van der Waals surface area (Å²) >= 11 is 0. The molecule has 0 aliphatic carbocycles. The van der Waals surface area contributed by atoms with E-state index in [-0.39, 0.29) is 17.1 Å². The maximum Gasteiger partial charge on any atom is 0.561 e. The average molecular weight is 422 g/mol. The fraction of sp³-hybridized carbons (Fsp3) is 0.700. The van der Waals surface area contributed by atoms with Crippen molar-refractivity contribution in [2.45, 2.75) is 11.0 Å². The number of ether oxygens (including phenoxy) is 1. The van der Waals surface area contributed by atoms with Crippen LogP contribution in [0.3, 0.4) is 0 Å². The molecule has 0 aromatic rings. The van der Waals surface area contributed by atoms with Crippen LogP contribution in [0.5, 0.6) is 0 Å². The number of hydrogen-bond donors (Lipinski definition) is 0. The monoisotopic (exact) mass is 422 g/mol. The molecule has 0 fully saturated rings. The van der Waals surface area contributed by atoms with E-state index in [9.17, 15) is 43.2 Å². The van der Waals surface area contributed by atoms with E-state index in [1.165, 1.54) is 0 Å². The first kappa shape index (κ1) is 23.6. The van der Waals surface area contributed by atoms with E-state index in [4.69, 9.17) is 0 Å². The Morgan fingerprint density at radius 2 is 1.36 bits per heavy atom. The van der Waals surface area contributed by atoms with Crippen molar-refractivity contribution < 1.29 is 55.8 Å². The van der Waals surface area contributed by atoms with E-state index in [2.05, 4.69) is 11.3 Å². The van der Waals surface area contributed by atoms with Crippen molar-refractivity contribution in [1.29, 1.82) is 0 Å². The molecule has 0 aromatic carbocycles. The highest BCUT2D eigenvalue weighted by Gasteiger charge is 2.68. The molecule has 0 rings (SSSR count). The van der Waals surface area contributed by atoms with Gasteiger partial charge in [-0.15, -0.1) is 0 Å². The molecule has 25 heavy (non-hydrogen) atoms. The van der Waals surface area contributed by atoms with Crippen LogP contribution in [0.1, 0.15) is 0 Å². The van der Waals surface area contributed by atoms with E-state index in [0.29, 0.717) is 0 Å². The molecule has 0 aliphatic rings. The first-order valence-electron chi connectivity index (χ1n) is 6.15. The lowest BCUT2D eigenvalue weighted by Gasteiger charge is -2.23. The minimum Gasteiger partial charge on any atom is -0.437 e. The Hall–Kier alpha value is -1.35. The van der Waals surface area contributed by atoms with Crippen molar-refractivity contribution in [3.63, 3.8) is 0 Å². The van der Waals surface area contributed by atoms with Crippen molar-refractivity contribution in [3.05, 3.63) is 12.7 Å². The van der Waals surface area contributed by atoms with Gasteiger partial charge in [0.2, 0.25) is 0 Å². The van der Waals surface area contributed by atoms with Crippen molar-refractivity contribution in [3.8, 4) is 0 Å². The van der Waals surface area contributed by atoms with Crippen LogP contribution < -0.4 is 0 Å². The Morgan fingerprint density at radius 3 is 1.60 bits per heavy atom. The number of rotatable bonds is 6. The number of nitrogens with zero attached hydrogens (tertiary/aromatic N) is 2. The van der Waals surface area contributed by atoms with Crippen molar-refractivity contribution in [2.24, 2.45) is 0 Å². The predicted octanol–water partition coefficient (Wildman–Crippen LogP) is 1.01. The van der Waals surface area contributed by atoms with Crippen LogP contribution in [0, 0.1) is 0 Å². The van der Waals surface area contributed by atoms with E-state index in [1.54, 1.807) is 21.1 Å². The molecule has 0 atom stereocenters. The molecule has 0 saturated carbocycles. The van der Waals surface area contributed by atoms with Gasteiger partial charge in [-0.2, -0.15) is 43.2 Å². The Kier molecular flexibility index (Phi) is 6.72. The van der Waals surface area contributed by atoms with Gasteiger partial charge in [-0.1, -0.05) is 6.58 Å². The topological polar surface area (TPSA) is 80.5 Å². The van der Waals surface area contributed by atoms with Gasteiger partial charge >= 0.3 is 37.0 Å². The smallest absolute Gasteiger partial charge is 0.437 e. The molecule has 0 aliphatic heterocycles. The Labute approximate surface area is 140 Å². The third-order valence-electron chi connectivity index (χ3n) is 2.39. The van der Waals surface area contributed by atoms with Gasteiger partial charge in [0.05, 0.1) is 24.5 Å². The van der Waals surface area contributed by atoms with E-state index in [0.717, 1.165) is 0 Å². The first-order chi connectivity index (χ1) is 10.8. The molecule has 0 N–H and O–H groups in total. The molecular weight excluding hydrogens is 406 g/mol. The highest BCUT2D eigenvalue weighted by atomic mass is 32.3. The number of quaternary nitrogens is 1.